The monoisotopic (exact) mass is 299 g/mol. The minimum absolute atomic E-state index is 0. The summed E-state index contributed by atoms with van der Waals surface area (Å²) < 4.78 is 0. The van der Waals surface area contributed by atoms with Crippen LogP contribution in [0.3, 0.4) is 0 Å². The Morgan fingerprint density at radius 2 is 1.90 bits per heavy atom. The van der Waals surface area contributed by atoms with E-state index in [-0.39, 0.29) is 36.2 Å². The number of hydrogen-bond donors (Lipinski definition) is 3. The fourth-order valence-electron chi connectivity index (χ4n) is 1.51. The SMILES string of the molecule is CC(C)(C)NC(=O)c1cccc(NC(=O)CCN)c1.Cl. The number of carbonyl (C=O) groups is 2. The van der Waals surface area contributed by atoms with E-state index in [1.165, 1.54) is 0 Å². The Kier molecular flexibility index (Phi) is 7.24. The average Bonchev–Trinajstić information content (AvgIpc) is 2.27. The molecule has 0 bridgehead atoms. The summed E-state index contributed by atoms with van der Waals surface area (Å²) in [6.45, 7) is 6.05. The first-order valence-corrected chi connectivity index (χ1v) is 6.24. The third kappa shape index (κ3) is 6.54. The third-order valence-electron chi connectivity index (χ3n) is 2.27. The molecule has 2 amide bonds. The van der Waals surface area contributed by atoms with Crippen LogP contribution in [0.4, 0.5) is 5.69 Å². The zero-order valence-corrected chi connectivity index (χ0v) is 12.8. The summed E-state index contributed by atoms with van der Waals surface area (Å²) in [5.41, 5.74) is 6.12. The Labute approximate surface area is 125 Å². The van der Waals surface area contributed by atoms with E-state index in [0.29, 0.717) is 17.8 Å². The first kappa shape index (κ1) is 18.4. The molecule has 0 saturated heterocycles. The summed E-state index contributed by atoms with van der Waals surface area (Å²) in [6.07, 6.45) is 0.262. The highest BCUT2D eigenvalue weighted by Gasteiger charge is 2.15. The molecule has 4 N–H and O–H groups in total. The van der Waals surface area contributed by atoms with Crippen LogP contribution in [0.25, 0.3) is 0 Å². The minimum atomic E-state index is -0.296. The second-order valence-electron chi connectivity index (χ2n) is 5.37. The van der Waals surface area contributed by atoms with E-state index in [4.69, 9.17) is 5.73 Å². The van der Waals surface area contributed by atoms with Crippen molar-refractivity contribution >= 4 is 29.9 Å². The van der Waals surface area contributed by atoms with E-state index in [1.807, 2.05) is 20.8 Å². The molecule has 20 heavy (non-hydrogen) atoms. The van der Waals surface area contributed by atoms with Gasteiger partial charge in [0.15, 0.2) is 0 Å². The van der Waals surface area contributed by atoms with Gasteiger partial charge in [-0.3, -0.25) is 9.59 Å². The quantitative estimate of drug-likeness (QED) is 0.794. The molecule has 0 unspecified atom stereocenters. The molecule has 112 valence electrons. The van der Waals surface area contributed by atoms with Crippen LogP contribution in [0.2, 0.25) is 0 Å². The zero-order valence-electron chi connectivity index (χ0n) is 12.0. The first-order chi connectivity index (χ1) is 8.81. The van der Waals surface area contributed by atoms with Gasteiger partial charge in [-0.05, 0) is 39.0 Å². The molecule has 5 nitrogen and oxygen atoms in total. The lowest BCUT2D eigenvalue weighted by Crippen LogP contribution is -2.40. The van der Waals surface area contributed by atoms with Gasteiger partial charge >= 0.3 is 0 Å². The van der Waals surface area contributed by atoms with E-state index >= 15 is 0 Å². The number of nitrogens with two attached hydrogens (primary N) is 1. The fourth-order valence-corrected chi connectivity index (χ4v) is 1.51. The van der Waals surface area contributed by atoms with Crippen LogP contribution >= 0.6 is 12.4 Å². The number of benzene rings is 1. The van der Waals surface area contributed by atoms with Gasteiger partial charge in [-0.25, -0.2) is 0 Å². The Balaban J connectivity index is 0.00000361. The highest BCUT2D eigenvalue weighted by Crippen LogP contribution is 2.12. The lowest BCUT2D eigenvalue weighted by atomic mass is 10.1. The van der Waals surface area contributed by atoms with Gasteiger partial charge in [0.1, 0.15) is 0 Å². The predicted octanol–water partition coefficient (Wildman–Crippen LogP) is 1.92. The van der Waals surface area contributed by atoms with E-state index < -0.39 is 0 Å². The number of amides is 2. The molecule has 0 aliphatic rings. The second-order valence-corrected chi connectivity index (χ2v) is 5.37. The summed E-state index contributed by atoms with van der Waals surface area (Å²) in [4.78, 5) is 23.4. The van der Waals surface area contributed by atoms with Gasteiger partial charge in [0.2, 0.25) is 5.91 Å². The number of nitrogens with one attached hydrogen (secondary N) is 2. The maximum absolute atomic E-state index is 12.0. The Hall–Kier alpha value is -1.59. The molecule has 0 aliphatic heterocycles. The van der Waals surface area contributed by atoms with Gasteiger partial charge in [0, 0.05) is 29.8 Å². The predicted molar refractivity (Wildman–Crippen MR) is 83.2 cm³/mol. The lowest BCUT2D eigenvalue weighted by molar-refractivity contribution is -0.116. The Bertz CT molecular complexity index is 470. The lowest BCUT2D eigenvalue weighted by Gasteiger charge is -2.20. The molecule has 1 aromatic rings. The highest BCUT2D eigenvalue weighted by molar-refractivity contribution is 5.97. The number of rotatable bonds is 4. The summed E-state index contributed by atoms with van der Waals surface area (Å²) in [7, 11) is 0. The average molecular weight is 300 g/mol. The first-order valence-electron chi connectivity index (χ1n) is 6.24. The van der Waals surface area contributed by atoms with Gasteiger partial charge in [-0.15, -0.1) is 12.4 Å². The van der Waals surface area contributed by atoms with Crippen LogP contribution in [0.15, 0.2) is 24.3 Å². The largest absolute Gasteiger partial charge is 0.347 e. The van der Waals surface area contributed by atoms with Crippen molar-refractivity contribution in [3.63, 3.8) is 0 Å². The van der Waals surface area contributed by atoms with Gasteiger partial charge in [-0.2, -0.15) is 0 Å². The van der Waals surface area contributed by atoms with Crippen LogP contribution in [0, 0.1) is 0 Å². The van der Waals surface area contributed by atoms with Crippen molar-refractivity contribution in [3.05, 3.63) is 29.8 Å². The summed E-state index contributed by atoms with van der Waals surface area (Å²) in [5.74, 6) is -0.321. The molecule has 0 radical (unpaired) electrons. The summed E-state index contributed by atoms with van der Waals surface area (Å²) in [6, 6.07) is 6.83. The van der Waals surface area contributed by atoms with Crippen LogP contribution in [0.5, 0.6) is 0 Å². The Morgan fingerprint density at radius 3 is 2.45 bits per heavy atom. The number of carbonyl (C=O) groups excluding carboxylic acids is 2. The molecule has 6 heteroatoms. The van der Waals surface area contributed by atoms with Crippen LogP contribution in [-0.4, -0.2) is 23.9 Å². The standard InChI is InChI=1S/C14H21N3O2.ClH/c1-14(2,3)17-13(19)10-5-4-6-11(9-10)16-12(18)7-8-15;/h4-6,9H,7-8,15H2,1-3H3,(H,16,18)(H,17,19);1H. The third-order valence-corrected chi connectivity index (χ3v) is 2.27. The number of halogens is 1. The van der Waals surface area contributed by atoms with Crippen molar-refractivity contribution in [3.8, 4) is 0 Å². The van der Waals surface area contributed by atoms with E-state index in [9.17, 15) is 9.59 Å². The van der Waals surface area contributed by atoms with Crippen LogP contribution in [-0.2, 0) is 4.79 Å². The maximum Gasteiger partial charge on any atom is 0.251 e. The van der Waals surface area contributed by atoms with E-state index in [0.717, 1.165) is 0 Å². The molecule has 0 spiro atoms. The molecule has 1 aromatic carbocycles. The smallest absolute Gasteiger partial charge is 0.251 e. The maximum atomic E-state index is 12.0. The van der Waals surface area contributed by atoms with Gasteiger partial charge < -0.3 is 16.4 Å². The van der Waals surface area contributed by atoms with Crippen molar-refractivity contribution in [1.82, 2.24) is 5.32 Å². The Morgan fingerprint density at radius 1 is 1.25 bits per heavy atom. The fraction of sp³-hybridized carbons (Fsp3) is 0.429. The molecule has 0 aromatic heterocycles. The van der Waals surface area contributed by atoms with E-state index in [1.54, 1.807) is 24.3 Å². The number of hydrogen-bond acceptors (Lipinski definition) is 3. The molecular formula is C14H22ClN3O2. The van der Waals surface area contributed by atoms with Crippen molar-refractivity contribution in [2.24, 2.45) is 5.73 Å². The van der Waals surface area contributed by atoms with Gasteiger partial charge in [-0.1, -0.05) is 6.07 Å². The molecule has 0 aliphatic carbocycles. The zero-order chi connectivity index (χ0) is 14.5. The summed E-state index contributed by atoms with van der Waals surface area (Å²) >= 11 is 0. The van der Waals surface area contributed by atoms with Crippen molar-refractivity contribution in [1.29, 1.82) is 0 Å². The van der Waals surface area contributed by atoms with Gasteiger partial charge in [0.25, 0.3) is 5.91 Å². The second kappa shape index (κ2) is 7.87. The minimum Gasteiger partial charge on any atom is -0.347 e. The highest BCUT2D eigenvalue weighted by atomic mass is 35.5. The van der Waals surface area contributed by atoms with Crippen molar-refractivity contribution in [2.45, 2.75) is 32.7 Å². The molecule has 0 fully saturated rings. The molecule has 0 heterocycles. The molecule has 1 rings (SSSR count). The summed E-state index contributed by atoms with van der Waals surface area (Å²) in [5, 5.41) is 5.57. The molecular weight excluding hydrogens is 278 g/mol. The van der Waals surface area contributed by atoms with Crippen LogP contribution < -0.4 is 16.4 Å². The normalized spacial score (nSPS) is 10.4. The number of anilines is 1. The van der Waals surface area contributed by atoms with E-state index in [2.05, 4.69) is 10.6 Å². The molecule has 0 atom stereocenters. The van der Waals surface area contributed by atoms with Crippen molar-refractivity contribution in [2.75, 3.05) is 11.9 Å². The topological polar surface area (TPSA) is 84.2 Å². The molecule has 0 saturated carbocycles. The van der Waals surface area contributed by atoms with Crippen molar-refractivity contribution < 1.29 is 9.59 Å². The van der Waals surface area contributed by atoms with Gasteiger partial charge in [0.05, 0.1) is 0 Å². The van der Waals surface area contributed by atoms with Crippen LogP contribution in [0.1, 0.15) is 37.6 Å².